The van der Waals surface area contributed by atoms with Crippen LogP contribution in [0.2, 0.25) is 0 Å². The smallest absolute Gasteiger partial charge is 0.332 e. The molecule has 0 unspecified atom stereocenters. The third kappa shape index (κ3) is 3.63. The number of hydrogen-bond acceptors (Lipinski definition) is 5. The van der Waals surface area contributed by atoms with E-state index in [-0.39, 0.29) is 17.0 Å². The number of phenolic OH excluding ortho intramolecular Hbond substituents is 1. The lowest BCUT2D eigenvalue weighted by atomic mass is 10.0. The second kappa shape index (κ2) is 6.87. The molecule has 0 spiro atoms. The van der Waals surface area contributed by atoms with E-state index in [0.29, 0.717) is 5.75 Å². The minimum Gasteiger partial charge on any atom is -0.507 e. The van der Waals surface area contributed by atoms with Crippen LogP contribution in [0.25, 0.3) is 0 Å². The molecule has 2 rings (SSSR count). The fourth-order valence-electron chi connectivity index (χ4n) is 1.90. The maximum absolute atomic E-state index is 14.0. The van der Waals surface area contributed by atoms with E-state index < -0.39 is 23.2 Å². The Hall–Kier alpha value is -2.96. The van der Waals surface area contributed by atoms with Crippen LogP contribution in [-0.2, 0) is 9.63 Å². The Kier molecular flexibility index (Phi) is 4.90. The first kappa shape index (κ1) is 16.4. The van der Waals surface area contributed by atoms with Gasteiger partial charge in [-0.25, -0.2) is 13.6 Å². The van der Waals surface area contributed by atoms with E-state index in [2.05, 4.69) is 9.99 Å². The molecule has 0 fully saturated rings. The second-order valence-electron chi connectivity index (χ2n) is 4.50. The van der Waals surface area contributed by atoms with Crippen molar-refractivity contribution in [2.45, 2.75) is 6.92 Å². The summed E-state index contributed by atoms with van der Waals surface area (Å²) in [7, 11) is 1.40. The van der Waals surface area contributed by atoms with Crippen LogP contribution in [0.15, 0.2) is 41.6 Å². The second-order valence-corrected chi connectivity index (χ2v) is 4.50. The Morgan fingerprint density at radius 3 is 2.35 bits per heavy atom. The summed E-state index contributed by atoms with van der Waals surface area (Å²) in [4.78, 5) is 15.5. The summed E-state index contributed by atoms with van der Waals surface area (Å²) in [5, 5.41) is 13.5. The molecule has 2 aromatic carbocycles. The van der Waals surface area contributed by atoms with Gasteiger partial charge in [-0.15, -0.1) is 0 Å². The van der Waals surface area contributed by atoms with Gasteiger partial charge in [0.1, 0.15) is 28.8 Å². The van der Waals surface area contributed by atoms with E-state index in [1.807, 2.05) is 0 Å². The lowest BCUT2D eigenvalue weighted by Gasteiger charge is -2.11. The van der Waals surface area contributed by atoms with Gasteiger partial charge in [-0.3, -0.25) is 0 Å². The van der Waals surface area contributed by atoms with Gasteiger partial charge in [0.2, 0.25) is 0 Å². The Balaban J connectivity index is 2.65. The van der Waals surface area contributed by atoms with Gasteiger partial charge in [-0.1, -0.05) is 11.2 Å². The van der Waals surface area contributed by atoms with Crippen molar-refractivity contribution in [1.82, 2.24) is 0 Å². The highest BCUT2D eigenvalue weighted by molar-refractivity contribution is 6.14. The standard InChI is InChI=1S/C16H13F2NO4/c1-9(20)23-19-16(15-12(17)4-3-5-13(15)18)11-7-6-10(22-2)8-14(11)21/h3-8,21H,1-2H3. The zero-order chi connectivity index (χ0) is 17.0. The van der Waals surface area contributed by atoms with Crippen LogP contribution in [0.1, 0.15) is 18.1 Å². The minimum atomic E-state index is -0.911. The summed E-state index contributed by atoms with van der Waals surface area (Å²) in [6.07, 6.45) is 0. The number of aromatic hydroxyl groups is 1. The van der Waals surface area contributed by atoms with Gasteiger partial charge in [-0.2, -0.15) is 0 Å². The van der Waals surface area contributed by atoms with Gasteiger partial charge in [0.25, 0.3) is 0 Å². The van der Waals surface area contributed by atoms with Crippen LogP contribution < -0.4 is 4.74 Å². The van der Waals surface area contributed by atoms with Crippen LogP contribution >= 0.6 is 0 Å². The van der Waals surface area contributed by atoms with Crippen molar-refractivity contribution >= 4 is 11.7 Å². The number of ether oxygens (including phenoxy) is 1. The van der Waals surface area contributed by atoms with Gasteiger partial charge >= 0.3 is 5.97 Å². The molecule has 0 aliphatic heterocycles. The monoisotopic (exact) mass is 321 g/mol. The quantitative estimate of drug-likeness (QED) is 0.534. The molecule has 120 valence electrons. The molecule has 23 heavy (non-hydrogen) atoms. The minimum absolute atomic E-state index is 0.0175. The molecule has 0 heterocycles. The zero-order valence-electron chi connectivity index (χ0n) is 12.3. The predicted molar refractivity (Wildman–Crippen MR) is 78.4 cm³/mol. The summed E-state index contributed by atoms with van der Waals surface area (Å²) in [6.45, 7) is 1.09. The van der Waals surface area contributed by atoms with Crippen molar-refractivity contribution in [3.63, 3.8) is 0 Å². The Morgan fingerprint density at radius 2 is 1.83 bits per heavy atom. The normalized spacial score (nSPS) is 11.2. The van der Waals surface area contributed by atoms with Crippen LogP contribution in [0.5, 0.6) is 11.5 Å². The molecule has 5 nitrogen and oxygen atoms in total. The maximum atomic E-state index is 14.0. The van der Waals surface area contributed by atoms with E-state index in [1.165, 1.54) is 31.4 Å². The van der Waals surface area contributed by atoms with Crippen molar-refractivity contribution < 1.29 is 28.3 Å². The summed E-state index contributed by atoms with van der Waals surface area (Å²) in [5.74, 6) is -2.59. The first-order valence-corrected chi connectivity index (χ1v) is 6.51. The number of phenols is 1. The molecule has 0 aliphatic carbocycles. The fourth-order valence-corrected chi connectivity index (χ4v) is 1.90. The third-order valence-electron chi connectivity index (χ3n) is 2.93. The summed E-state index contributed by atoms with van der Waals surface area (Å²) >= 11 is 0. The van der Waals surface area contributed by atoms with Crippen LogP contribution in [0.4, 0.5) is 8.78 Å². The van der Waals surface area contributed by atoms with E-state index in [0.717, 1.165) is 19.1 Å². The number of carbonyl (C=O) groups excluding carboxylic acids is 1. The lowest BCUT2D eigenvalue weighted by molar-refractivity contribution is -0.140. The first-order chi connectivity index (χ1) is 10.9. The molecule has 0 atom stereocenters. The van der Waals surface area contributed by atoms with Crippen molar-refractivity contribution in [2.75, 3.05) is 7.11 Å². The molecule has 0 aromatic heterocycles. The van der Waals surface area contributed by atoms with Crippen molar-refractivity contribution in [3.8, 4) is 11.5 Å². The largest absolute Gasteiger partial charge is 0.507 e. The first-order valence-electron chi connectivity index (χ1n) is 6.51. The average molecular weight is 321 g/mol. The van der Waals surface area contributed by atoms with Crippen molar-refractivity contribution in [1.29, 1.82) is 0 Å². The zero-order valence-corrected chi connectivity index (χ0v) is 12.3. The fraction of sp³-hybridized carbons (Fsp3) is 0.125. The summed E-state index contributed by atoms with van der Waals surface area (Å²) < 4.78 is 33.0. The Labute approximate surface area is 130 Å². The molecule has 0 amide bonds. The molecule has 0 aliphatic rings. The number of carbonyl (C=O) groups is 1. The summed E-state index contributed by atoms with van der Waals surface area (Å²) in [6, 6.07) is 7.31. The molecule has 0 bridgehead atoms. The molecule has 2 aromatic rings. The maximum Gasteiger partial charge on any atom is 0.332 e. The number of hydrogen-bond donors (Lipinski definition) is 1. The van der Waals surface area contributed by atoms with E-state index in [1.54, 1.807) is 0 Å². The Bertz CT molecular complexity index is 754. The molecule has 1 N–H and O–H groups in total. The topological polar surface area (TPSA) is 68.1 Å². The number of benzene rings is 2. The van der Waals surface area contributed by atoms with Gasteiger partial charge in [-0.05, 0) is 24.3 Å². The SMILES string of the molecule is COc1ccc(C(=NOC(C)=O)c2c(F)cccc2F)c(O)c1. The molecule has 0 saturated heterocycles. The number of rotatable bonds is 4. The van der Waals surface area contributed by atoms with Crippen LogP contribution in [-0.4, -0.2) is 23.9 Å². The Morgan fingerprint density at radius 1 is 1.17 bits per heavy atom. The predicted octanol–water partition coefficient (Wildman–Crippen LogP) is 2.99. The lowest BCUT2D eigenvalue weighted by Crippen LogP contribution is -2.11. The van der Waals surface area contributed by atoms with Gasteiger partial charge in [0.05, 0.1) is 12.7 Å². The number of oxime groups is 1. The average Bonchev–Trinajstić information content (AvgIpc) is 2.50. The highest BCUT2D eigenvalue weighted by Gasteiger charge is 2.21. The highest BCUT2D eigenvalue weighted by atomic mass is 19.1. The molecule has 0 radical (unpaired) electrons. The van der Waals surface area contributed by atoms with Crippen molar-refractivity contribution in [3.05, 3.63) is 59.2 Å². The van der Waals surface area contributed by atoms with Gasteiger partial charge < -0.3 is 14.7 Å². The number of methoxy groups -OCH3 is 1. The highest BCUT2D eigenvalue weighted by Crippen LogP contribution is 2.28. The molecule has 0 saturated carbocycles. The summed E-state index contributed by atoms with van der Waals surface area (Å²) in [5.41, 5.74) is -0.888. The molecule has 7 heteroatoms. The van der Waals surface area contributed by atoms with Crippen molar-refractivity contribution in [2.24, 2.45) is 5.16 Å². The van der Waals surface area contributed by atoms with E-state index >= 15 is 0 Å². The van der Waals surface area contributed by atoms with Crippen LogP contribution in [0.3, 0.4) is 0 Å². The molecular formula is C16H13F2NO4. The van der Waals surface area contributed by atoms with E-state index in [4.69, 9.17) is 4.74 Å². The van der Waals surface area contributed by atoms with Gasteiger partial charge in [0, 0.05) is 18.6 Å². The van der Waals surface area contributed by atoms with Crippen LogP contribution in [0, 0.1) is 11.6 Å². The van der Waals surface area contributed by atoms with E-state index in [9.17, 15) is 18.7 Å². The third-order valence-corrected chi connectivity index (χ3v) is 2.93. The van der Waals surface area contributed by atoms with Gasteiger partial charge in [0.15, 0.2) is 0 Å². The number of halogens is 2. The number of nitrogens with zero attached hydrogens (tertiary/aromatic N) is 1. The molecular weight excluding hydrogens is 308 g/mol.